The molecular weight excluding hydrogens is 348 g/mol. The van der Waals surface area contributed by atoms with Crippen LogP contribution >= 0.6 is 0 Å². The van der Waals surface area contributed by atoms with Crippen LogP contribution in [0.3, 0.4) is 0 Å². The van der Waals surface area contributed by atoms with Gasteiger partial charge in [0.1, 0.15) is 5.56 Å². The largest absolute Gasteiger partial charge is 0.351 e. The first-order valence-corrected chi connectivity index (χ1v) is 10.5. The van der Waals surface area contributed by atoms with E-state index in [1.165, 1.54) is 0 Å². The summed E-state index contributed by atoms with van der Waals surface area (Å²) in [4.78, 5) is 26.4. The van der Waals surface area contributed by atoms with Crippen LogP contribution in [0.15, 0.2) is 23.0 Å². The molecule has 0 aliphatic carbocycles. The fraction of sp³-hybridized carbons (Fsp3) is 0.500. The predicted octanol–water partition coefficient (Wildman–Crippen LogP) is 5.11. The van der Waals surface area contributed by atoms with Crippen molar-refractivity contribution in [3.8, 4) is 0 Å². The fourth-order valence-electron chi connectivity index (χ4n) is 3.75. The molecule has 0 saturated carbocycles. The number of carbonyl (C=O) groups is 1. The summed E-state index contributed by atoms with van der Waals surface area (Å²) in [5.41, 5.74) is 5.62. The predicted molar refractivity (Wildman–Crippen MR) is 118 cm³/mol. The molecule has 4 nitrogen and oxygen atoms in total. The second-order valence-corrected chi connectivity index (χ2v) is 7.49. The van der Waals surface area contributed by atoms with Crippen LogP contribution < -0.4 is 10.7 Å². The Morgan fingerprint density at radius 1 is 1.04 bits per heavy atom. The first-order valence-electron chi connectivity index (χ1n) is 10.5. The number of carbonyl (C=O) groups excluding carboxylic acids is 1. The number of nitrogens with one attached hydrogen (secondary N) is 1. The van der Waals surface area contributed by atoms with Crippen LogP contribution in [0.4, 0.5) is 5.69 Å². The van der Waals surface area contributed by atoms with Crippen LogP contribution in [0.2, 0.25) is 0 Å². The molecule has 4 heteroatoms. The number of anilines is 1. The Bertz CT molecular complexity index is 888. The summed E-state index contributed by atoms with van der Waals surface area (Å²) in [7, 11) is 1.96. The van der Waals surface area contributed by atoms with Gasteiger partial charge in [-0.25, -0.2) is 0 Å². The van der Waals surface area contributed by atoms with Gasteiger partial charge in [-0.05, 0) is 50.7 Å². The van der Waals surface area contributed by atoms with Crippen LogP contribution in [0.5, 0.6) is 0 Å². The number of nitrogens with zero attached hydrogens (tertiary/aromatic N) is 1. The lowest BCUT2D eigenvalue weighted by Crippen LogP contribution is -2.30. The molecule has 152 valence electrons. The second kappa shape index (κ2) is 9.72. The molecule has 0 saturated heterocycles. The zero-order chi connectivity index (χ0) is 20.8. The Kier molecular flexibility index (Phi) is 7.61. The minimum atomic E-state index is -0.286. The van der Waals surface area contributed by atoms with Crippen LogP contribution in [0, 0.1) is 13.8 Å². The van der Waals surface area contributed by atoms with Gasteiger partial charge >= 0.3 is 0 Å². The van der Waals surface area contributed by atoms with E-state index in [4.69, 9.17) is 0 Å². The molecule has 1 heterocycles. The maximum absolute atomic E-state index is 13.3. The average molecular weight is 383 g/mol. The fourth-order valence-corrected chi connectivity index (χ4v) is 3.75. The standard InChI is InChI=1S/C24H34N2O2/c1-7-10-11-15-20-21(23(27)16(4)17(5)26(20)6)24(28)25-22-18(8-2)13-12-14-19(22)9-3/h12-14H,7-11,15H2,1-6H3,(H,25,28). The quantitative estimate of drug-likeness (QED) is 0.645. The summed E-state index contributed by atoms with van der Waals surface area (Å²) in [5, 5.41) is 3.09. The number of aromatic nitrogens is 1. The van der Waals surface area contributed by atoms with Crippen molar-refractivity contribution in [1.82, 2.24) is 4.57 Å². The normalized spacial score (nSPS) is 10.9. The van der Waals surface area contributed by atoms with Gasteiger partial charge in [-0.15, -0.1) is 0 Å². The molecule has 1 aromatic carbocycles. The van der Waals surface area contributed by atoms with E-state index < -0.39 is 0 Å². The highest BCUT2D eigenvalue weighted by molar-refractivity contribution is 6.06. The van der Waals surface area contributed by atoms with Crippen molar-refractivity contribution in [3.05, 3.63) is 62.1 Å². The summed E-state index contributed by atoms with van der Waals surface area (Å²) in [5.74, 6) is -0.286. The number of benzene rings is 1. The van der Waals surface area contributed by atoms with Gasteiger partial charge in [-0.3, -0.25) is 9.59 Å². The first kappa shape index (κ1) is 21.9. The first-order chi connectivity index (χ1) is 13.4. The summed E-state index contributed by atoms with van der Waals surface area (Å²) in [6, 6.07) is 6.10. The molecular formula is C24H34N2O2. The monoisotopic (exact) mass is 382 g/mol. The highest BCUT2D eigenvalue weighted by Gasteiger charge is 2.22. The third-order valence-corrected chi connectivity index (χ3v) is 5.79. The van der Waals surface area contributed by atoms with Crippen LogP contribution in [0.25, 0.3) is 0 Å². The van der Waals surface area contributed by atoms with E-state index >= 15 is 0 Å². The Morgan fingerprint density at radius 2 is 1.64 bits per heavy atom. The third kappa shape index (κ3) is 4.37. The zero-order valence-corrected chi connectivity index (χ0v) is 18.2. The summed E-state index contributed by atoms with van der Waals surface area (Å²) in [6.07, 6.45) is 5.55. The van der Waals surface area contributed by atoms with Crippen molar-refractivity contribution in [2.45, 2.75) is 73.1 Å². The molecule has 0 atom stereocenters. The number of hydrogen-bond donors (Lipinski definition) is 1. The maximum Gasteiger partial charge on any atom is 0.261 e. The molecule has 1 N–H and O–H groups in total. The van der Waals surface area contributed by atoms with Gasteiger partial charge in [0.05, 0.1) is 0 Å². The van der Waals surface area contributed by atoms with Crippen molar-refractivity contribution >= 4 is 11.6 Å². The number of pyridine rings is 1. The number of amides is 1. The number of hydrogen-bond acceptors (Lipinski definition) is 2. The van der Waals surface area contributed by atoms with Gasteiger partial charge in [-0.2, -0.15) is 0 Å². The van der Waals surface area contributed by atoms with Crippen molar-refractivity contribution in [2.75, 3.05) is 5.32 Å². The minimum absolute atomic E-state index is 0.147. The minimum Gasteiger partial charge on any atom is -0.351 e. The van der Waals surface area contributed by atoms with Gasteiger partial charge in [-0.1, -0.05) is 51.8 Å². The summed E-state index contributed by atoms with van der Waals surface area (Å²) in [6.45, 7) is 10.1. The second-order valence-electron chi connectivity index (χ2n) is 7.49. The molecule has 0 radical (unpaired) electrons. The van der Waals surface area contributed by atoms with Crippen molar-refractivity contribution in [1.29, 1.82) is 0 Å². The van der Waals surface area contributed by atoms with Crippen molar-refractivity contribution in [3.63, 3.8) is 0 Å². The Labute approximate surface area is 169 Å². The number of rotatable bonds is 8. The Hall–Kier alpha value is -2.36. The smallest absolute Gasteiger partial charge is 0.261 e. The lowest BCUT2D eigenvalue weighted by Gasteiger charge is -2.20. The lowest BCUT2D eigenvalue weighted by molar-refractivity contribution is 0.102. The van der Waals surface area contributed by atoms with Gasteiger partial charge < -0.3 is 9.88 Å². The van der Waals surface area contributed by atoms with E-state index in [1.807, 2.05) is 43.7 Å². The van der Waals surface area contributed by atoms with E-state index in [2.05, 4.69) is 26.1 Å². The summed E-state index contributed by atoms with van der Waals surface area (Å²) < 4.78 is 2.02. The SMILES string of the molecule is CCCCCc1c(C(=O)Nc2c(CC)cccc2CC)c(=O)c(C)c(C)n1C. The van der Waals surface area contributed by atoms with Crippen molar-refractivity contribution < 1.29 is 4.79 Å². The van der Waals surface area contributed by atoms with E-state index in [0.29, 0.717) is 11.1 Å². The zero-order valence-electron chi connectivity index (χ0n) is 18.2. The number of para-hydroxylation sites is 1. The topological polar surface area (TPSA) is 51.1 Å². The maximum atomic E-state index is 13.3. The molecule has 1 amide bonds. The number of aryl methyl sites for hydroxylation is 2. The van der Waals surface area contributed by atoms with Gasteiger partial charge in [0, 0.05) is 29.7 Å². The molecule has 0 aliphatic rings. The lowest BCUT2D eigenvalue weighted by atomic mass is 10.00. The van der Waals surface area contributed by atoms with Crippen LogP contribution in [-0.4, -0.2) is 10.5 Å². The van der Waals surface area contributed by atoms with E-state index in [1.54, 1.807) is 0 Å². The van der Waals surface area contributed by atoms with Gasteiger partial charge in [0.25, 0.3) is 5.91 Å². The summed E-state index contributed by atoms with van der Waals surface area (Å²) >= 11 is 0. The molecule has 1 aromatic heterocycles. The van der Waals surface area contributed by atoms with Crippen LogP contribution in [0.1, 0.15) is 78.5 Å². The average Bonchev–Trinajstić information content (AvgIpc) is 2.70. The molecule has 2 aromatic rings. The van der Waals surface area contributed by atoms with Crippen molar-refractivity contribution in [2.24, 2.45) is 7.05 Å². The molecule has 0 aliphatic heterocycles. The molecule has 0 unspecified atom stereocenters. The van der Waals surface area contributed by atoms with Gasteiger partial charge in [0.2, 0.25) is 0 Å². The highest BCUT2D eigenvalue weighted by Crippen LogP contribution is 2.24. The molecule has 2 rings (SSSR count). The van der Waals surface area contributed by atoms with E-state index in [9.17, 15) is 9.59 Å². The molecule has 0 spiro atoms. The Morgan fingerprint density at radius 3 is 2.18 bits per heavy atom. The highest BCUT2D eigenvalue weighted by atomic mass is 16.2. The molecule has 0 bridgehead atoms. The third-order valence-electron chi connectivity index (χ3n) is 5.79. The van der Waals surface area contributed by atoms with E-state index in [-0.39, 0.29) is 11.3 Å². The van der Waals surface area contributed by atoms with E-state index in [0.717, 1.165) is 66.7 Å². The molecule has 28 heavy (non-hydrogen) atoms. The van der Waals surface area contributed by atoms with Crippen LogP contribution in [-0.2, 0) is 26.3 Å². The molecule has 0 fully saturated rings. The number of unbranched alkanes of at least 4 members (excludes halogenated alkanes) is 2. The Balaban J connectivity index is 2.55. The van der Waals surface area contributed by atoms with Gasteiger partial charge in [0.15, 0.2) is 5.43 Å².